The second-order valence-corrected chi connectivity index (χ2v) is 4.63. The second-order valence-electron chi connectivity index (χ2n) is 4.63. The van der Waals surface area contributed by atoms with Gasteiger partial charge in [-0.05, 0) is 51.5 Å². The Bertz CT molecular complexity index is 478. The number of esters is 1. The lowest BCUT2D eigenvalue weighted by Gasteiger charge is -2.21. The van der Waals surface area contributed by atoms with E-state index in [9.17, 15) is 14.0 Å². The molecule has 0 amide bonds. The Hall–Kier alpha value is -1.71. The number of benzene rings is 1. The van der Waals surface area contributed by atoms with Crippen LogP contribution in [0, 0.1) is 18.2 Å². The van der Waals surface area contributed by atoms with Crippen molar-refractivity contribution in [3.05, 3.63) is 35.1 Å². The molecule has 18 heavy (non-hydrogen) atoms. The van der Waals surface area contributed by atoms with Crippen LogP contribution in [-0.2, 0) is 9.53 Å². The molecule has 1 aromatic rings. The van der Waals surface area contributed by atoms with Crippen molar-refractivity contribution in [1.29, 1.82) is 0 Å². The molecular formula is C14H17FO3. The average Bonchev–Trinajstić information content (AvgIpc) is 2.28. The number of Topliss-reactive ketones (excluding diaryl/α,β-unsaturated/α-hetero) is 1. The van der Waals surface area contributed by atoms with E-state index >= 15 is 0 Å². The first-order valence-electron chi connectivity index (χ1n) is 5.79. The summed E-state index contributed by atoms with van der Waals surface area (Å²) in [7, 11) is 0. The van der Waals surface area contributed by atoms with Crippen molar-refractivity contribution >= 4 is 11.8 Å². The van der Waals surface area contributed by atoms with E-state index in [0.29, 0.717) is 11.1 Å². The summed E-state index contributed by atoms with van der Waals surface area (Å²) in [5, 5.41) is 0. The van der Waals surface area contributed by atoms with Crippen molar-refractivity contribution in [1.82, 2.24) is 0 Å². The van der Waals surface area contributed by atoms with Gasteiger partial charge in [-0.25, -0.2) is 4.39 Å². The predicted octanol–water partition coefficient (Wildman–Crippen LogP) is 2.91. The number of aryl methyl sites for hydroxylation is 1. The Morgan fingerprint density at radius 2 is 1.94 bits per heavy atom. The first-order chi connectivity index (χ1) is 8.30. The molecule has 0 aliphatic rings. The van der Waals surface area contributed by atoms with Gasteiger partial charge < -0.3 is 4.74 Å². The summed E-state index contributed by atoms with van der Waals surface area (Å²) in [6.07, 6.45) is 0. The molecule has 0 unspecified atom stereocenters. The highest BCUT2D eigenvalue weighted by atomic mass is 19.1. The smallest absolute Gasteiger partial charge is 0.319 e. The highest BCUT2D eigenvalue weighted by molar-refractivity contribution is 6.12. The Balaban J connectivity index is 3.09. The van der Waals surface area contributed by atoms with Gasteiger partial charge in [0.15, 0.2) is 5.78 Å². The topological polar surface area (TPSA) is 43.4 Å². The van der Waals surface area contributed by atoms with Crippen LogP contribution >= 0.6 is 0 Å². The number of hydrogen-bond donors (Lipinski definition) is 0. The number of hydrogen-bond acceptors (Lipinski definition) is 3. The number of carbonyl (C=O) groups excluding carboxylic acids is 2. The van der Waals surface area contributed by atoms with Gasteiger partial charge in [-0.15, -0.1) is 0 Å². The lowest BCUT2D eigenvalue weighted by molar-refractivity contribution is -0.150. The molecule has 3 nitrogen and oxygen atoms in total. The third-order valence-electron chi connectivity index (χ3n) is 2.79. The molecule has 0 aliphatic heterocycles. The fourth-order valence-electron chi connectivity index (χ4n) is 1.62. The van der Waals surface area contributed by atoms with Gasteiger partial charge in [0.05, 0.1) is 6.61 Å². The van der Waals surface area contributed by atoms with Crippen LogP contribution < -0.4 is 0 Å². The molecule has 0 aliphatic carbocycles. The summed E-state index contributed by atoms with van der Waals surface area (Å²) >= 11 is 0. The minimum Gasteiger partial charge on any atom is -0.465 e. The fourth-order valence-corrected chi connectivity index (χ4v) is 1.62. The summed E-state index contributed by atoms with van der Waals surface area (Å²) < 4.78 is 17.9. The van der Waals surface area contributed by atoms with E-state index in [2.05, 4.69) is 0 Å². The lowest BCUT2D eigenvalue weighted by atomic mass is 9.83. The molecule has 0 N–H and O–H groups in total. The third-order valence-corrected chi connectivity index (χ3v) is 2.79. The maximum atomic E-state index is 13.0. The van der Waals surface area contributed by atoms with Crippen molar-refractivity contribution < 1.29 is 18.7 Å². The molecule has 0 bridgehead atoms. The molecule has 0 fully saturated rings. The van der Waals surface area contributed by atoms with Gasteiger partial charge in [-0.2, -0.15) is 0 Å². The Labute approximate surface area is 106 Å². The van der Waals surface area contributed by atoms with Crippen molar-refractivity contribution in [3.8, 4) is 0 Å². The molecule has 0 atom stereocenters. The molecule has 0 aromatic heterocycles. The Morgan fingerprint density at radius 3 is 2.44 bits per heavy atom. The van der Waals surface area contributed by atoms with E-state index in [4.69, 9.17) is 4.74 Å². The molecule has 4 heteroatoms. The van der Waals surface area contributed by atoms with Crippen molar-refractivity contribution in [2.45, 2.75) is 27.7 Å². The van der Waals surface area contributed by atoms with Crippen LogP contribution in [-0.4, -0.2) is 18.4 Å². The first-order valence-corrected chi connectivity index (χ1v) is 5.79. The first kappa shape index (κ1) is 14.4. The van der Waals surface area contributed by atoms with Crippen LogP contribution in [0.4, 0.5) is 4.39 Å². The number of rotatable bonds is 4. The van der Waals surface area contributed by atoms with Crippen LogP contribution in [0.2, 0.25) is 0 Å². The predicted molar refractivity (Wildman–Crippen MR) is 65.9 cm³/mol. The van der Waals surface area contributed by atoms with Gasteiger partial charge in [0, 0.05) is 5.56 Å². The number of carbonyl (C=O) groups is 2. The zero-order chi connectivity index (χ0) is 13.9. The Kier molecular flexibility index (Phi) is 4.22. The van der Waals surface area contributed by atoms with Crippen molar-refractivity contribution in [2.75, 3.05) is 6.61 Å². The maximum absolute atomic E-state index is 13.0. The quantitative estimate of drug-likeness (QED) is 0.470. The summed E-state index contributed by atoms with van der Waals surface area (Å²) in [6.45, 7) is 6.56. The minimum atomic E-state index is -1.27. The van der Waals surface area contributed by atoms with E-state index in [-0.39, 0.29) is 12.4 Å². The van der Waals surface area contributed by atoms with Crippen LogP contribution in [0.15, 0.2) is 18.2 Å². The van der Waals surface area contributed by atoms with E-state index < -0.39 is 17.2 Å². The standard InChI is InChI=1S/C14H17FO3/c1-5-18-13(17)14(3,4)12(16)11-7-6-10(15)8-9(11)2/h6-8H,5H2,1-4H3. The van der Waals surface area contributed by atoms with Gasteiger partial charge in [-0.3, -0.25) is 9.59 Å². The van der Waals surface area contributed by atoms with Crippen LogP contribution in [0.1, 0.15) is 36.7 Å². The molecule has 0 saturated carbocycles. The van der Waals surface area contributed by atoms with Gasteiger partial charge in [-0.1, -0.05) is 0 Å². The number of ether oxygens (including phenoxy) is 1. The zero-order valence-electron chi connectivity index (χ0n) is 11.0. The summed E-state index contributed by atoms with van der Waals surface area (Å²) in [6, 6.07) is 3.88. The van der Waals surface area contributed by atoms with Crippen LogP contribution in [0.5, 0.6) is 0 Å². The van der Waals surface area contributed by atoms with Gasteiger partial charge in [0.1, 0.15) is 11.2 Å². The SMILES string of the molecule is CCOC(=O)C(C)(C)C(=O)c1ccc(F)cc1C. The van der Waals surface area contributed by atoms with Gasteiger partial charge >= 0.3 is 5.97 Å². The molecule has 1 aromatic carbocycles. The monoisotopic (exact) mass is 252 g/mol. The van der Waals surface area contributed by atoms with Crippen LogP contribution in [0.25, 0.3) is 0 Å². The molecule has 98 valence electrons. The third kappa shape index (κ3) is 2.75. The largest absolute Gasteiger partial charge is 0.465 e. The molecule has 0 spiro atoms. The molecule has 0 radical (unpaired) electrons. The fraction of sp³-hybridized carbons (Fsp3) is 0.429. The normalized spacial score (nSPS) is 11.2. The summed E-state index contributed by atoms with van der Waals surface area (Å²) in [4.78, 5) is 24.0. The maximum Gasteiger partial charge on any atom is 0.319 e. The zero-order valence-corrected chi connectivity index (χ0v) is 11.0. The average molecular weight is 252 g/mol. The Morgan fingerprint density at radius 1 is 1.33 bits per heavy atom. The number of ketones is 1. The molecule has 0 heterocycles. The highest BCUT2D eigenvalue weighted by Crippen LogP contribution is 2.25. The van der Waals surface area contributed by atoms with Gasteiger partial charge in [0.25, 0.3) is 0 Å². The molecule has 0 saturated heterocycles. The van der Waals surface area contributed by atoms with E-state index in [0.717, 1.165) is 0 Å². The number of halogens is 1. The van der Waals surface area contributed by atoms with Crippen molar-refractivity contribution in [3.63, 3.8) is 0 Å². The van der Waals surface area contributed by atoms with E-state index in [1.165, 1.54) is 32.0 Å². The van der Waals surface area contributed by atoms with Gasteiger partial charge in [0.2, 0.25) is 0 Å². The lowest BCUT2D eigenvalue weighted by Crippen LogP contribution is -2.35. The molecule has 1 rings (SSSR count). The van der Waals surface area contributed by atoms with E-state index in [1.807, 2.05) is 0 Å². The van der Waals surface area contributed by atoms with E-state index in [1.54, 1.807) is 13.8 Å². The second kappa shape index (κ2) is 5.29. The molecular weight excluding hydrogens is 235 g/mol. The highest BCUT2D eigenvalue weighted by Gasteiger charge is 2.38. The summed E-state index contributed by atoms with van der Waals surface area (Å²) in [5.41, 5.74) is -0.412. The minimum absolute atomic E-state index is 0.220. The van der Waals surface area contributed by atoms with Crippen LogP contribution in [0.3, 0.4) is 0 Å². The van der Waals surface area contributed by atoms with Crippen molar-refractivity contribution in [2.24, 2.45) is 5.41 Å². The summed E-state index contributed by atoms with van der Waals surface area (Å²) in [5.74, 6) is -1.34.